The number of hydrogen-bond acceptors (Lipinski definition) is 2. The second-order valence-electron chi connectivity index (χ2n) is 5.06. The monoisotopic (exact) mass is 305 g/mol. The summed E-state index contributed by atoms with van der Waals surface area (Å²) in [6, 6.07) is 16.3. The smallest absolute Gasteiger partial charge is 0.0923 e. The molecule has 22 heavy (non-hydrogen) atoms. The molecule has 0 N–H and O–H groups in total. The number of halogens is 1. The van der Waals surface area contributed by atoms with Crippen LogP contribution in [0, 0.1) is 0 Å². The van der Waals surface area contributed by atoms with Gasteiger partial charge in [-0.15, -0.1) is 0 Å². The van der Waals surface area contributed by atoms with Gasteiger partial charge in [-0.05, 0) is 35.4 Å². The Morgan fingerprint density at radius 1 is 0.909 bits per heavy atom. The van der Waals surface area contributed by atoms with Crippen LogP contribution in [0.25, 0.3) is 34.2 Å². The van der Waals surface area contributed by atoms with E-state index in [0.29, 0.717) is 5.02 Å². The van der Waals surface area contributed by atoms with Gasteiger partial charge in [0, 0.05) is 10.9 Å². The van der Waals surface area contributed by atoms with Gasteiger partial charge in [0.25, 0.3) is 0 Å². The van der Waals surface area contributed by atoms with Crippen molar-refractivity contribution in [2.45, 2.75) is 0 Å². The molecule has 0 radical (unpaired) electrons. The van der Waals surface area contributed by atoms with Crippen LogP contribution < -0.4 is 0 Å². The Labute approximate surface area is 133 Å². The van der Waals surface area contributed by atoms with Gasteiger partial charge in [-0.3, -0.25) is 0 Å². The Morgan fingerprint density at radius 3 is 2.59 bits per heavy atom. The summed E-state index contributed by atoms with van der Waals surface area (Å²) >= 11 is 6.36. The Morgan fingerprint density at radius 2 is 1.73 bits per heavy atom. The van der Waals surface area contributed by atoms with Crippen molar-refractivity contribution in [2.75, 3.05) is 0 Å². The van der Waals surface area contributed by atoms with E-state index in [1.54, 1.807) is 12.5 Å². The summed E-state index contributed by atoms with van der Waals surface area (Å²) in [5.41, 5.74) is 4.95. The van der Waals surface area contributed by atoms with Crippen molar-refractivity contribution in [2.24, 2.45) is 0 Å². The molecule has 3 aromatic rings. The van der Waals surface area contributed by atoms with Crippen LogP contribution in [0.2, 0.25) is 5.02 Å². The van der Waals surface area contributed by atoms with E-state index in [-0.39, 0.29) is 0 Å². The third-order valence-corrected chi connectivity index (χ3v) is 4.02. The number of ether oxygens (including phenoxy) is 1. The van der Waals surface area contributed by atoms with Crippen LogP contribution >= 0.6 is 11.6 Å². The van der Waals surface area contributed by atoms with Crippen molar-refractivity contribution < 1.29 is 4.74 Å². The summed E-state index contributed by atoms with van der Waals surface area (Å²) in [7, 11) is 0. The van der Waals surface area contributed by atoms with Crippen molar-refractivity contribution in [3.8, 4) is 11.1 Å². The van der Waals surface area contributed by atoms with E-state index < -0.39 is 0 Å². The molecule has 2 nitrogen and oxygen atoms in total. The maximum atomic E-state index is 6.36. The molecular formula is C19H12ClNO. The fourth-order valence-electron chi connectivity index (χ4n) is 2.65. The summed E-state index contributed by atoms with van der Waals surface area (Å²) < 4.78 is 5.21. The number of benzene rings is 2. The largest absolute Gasteiger partial charge is 0.473 e. The molecule has 106 valence electrons. The van der Waals surface area contributed by atoms with E-state index in [2.05, 4.69) is 18.2 Å². The van der Waals surface area contributed by atoms with Crippen LogP contribution in [-0.4, -0.2) is 4.98 Å². The quantitative estimate of drug-likeness (QED) is 0.590. The van der Waals surface area contributed by atoms with Gasteiger partial charge >= 0.3 is 0 Å². The van der Waals surface area contributed by atoms with Crippen LogP contribution in [0.5, 0.6) is 0 Å². The number of aromatic nitrogens is 1. The zero-order chi connectivity index (χ0) is 14.9. The van der Waals surface area contributed by atoms with Crippen LogP contribution in [0.4, 0.5) is 0 Å². The molecule has 0 unspecified atom stereocenters. The molecule has 3 heteroatoms. The van der Waals surface area contributed by atoms with Crippen molar-refractivity contribution >= 4 is 34.7 Å². The van der Waals surface area contributed by atoms with Gasteiger partial charge in [-0.1, -0.05) is 48.0 Å². The normalized spacial score (nSPS) is 12.8. The third-order valence-electron chi connectivity index (χ3n) is 3.71. The van der Waals surface area contributed by atoms with E-state index in [4.69, 9.17) is 21.3 Å². The lowest BCUT2D eigenvalue weighted by atomic mass is 9.98. The Kier molecular flexibility index (Phi) is 3.17. The average molecular weight is 306 g/mol. The highest BCUT2D eigenvalue weighted by Gasteiger charge is 2.12. The fraction of sp³-hybridized carbons (Fsp3) is 0. The van der Waals surface area contributed by atoms with E-state index in [0.717, 1.165) is 33.3 Å². The van der Waals surface area contributed by atoms with Crippen LogP contribution in [0.1, 0.15) is 11.3 Å². The lowest BCUT2D eigenvalue weighted by molar-refractivity contribution is 0.411. The molecule has 0 aliphatic carbocycles. The SMILES string of the molecule is Clc1ccc(-c2ccccc2)c2cc3c(nc12)C=COC=C3. The molecule has 0 bridgehead atoms. The van der Waals surface area contributed by atoms with Gasteiger partial charge in [0.15, 0.2) is 0 Å². The molecule has 0 spiro atoms. The molecule has 4 rings (SSSR count). The molecule has 1 aromatic heterocycles. The van der Waals surface area contributed by atoms with Crippen molar-refractivity contribution in [3.05, 3.63) is 77.3 Å². The minimum Gasteiger partial charge on any atom is -0.473 e. The zero-order valence-electron chi connectivity index (χ0n) is 11.7. The minimum atomic E-state index is 0.653. The predicted octanol–water partition coefficient (Wildman–Crippen LogP) is 5.53. The lowest BCUT2D eigenvalue weighted by Crippen LogP contribution is -1.91. The highest BCUT2D eigenvalue weighted by molar-refractivity contribution is 6.35. The lowest BCUT2D eigenvalue weighted by Gasteiger charge is -2.10. The first-order chi connectivity index (χ1) is 10.8. The first-order valence-corrected chi connectivity index (χ1v) is 7.38. The number of rotatable bonds is 1. The van der Waals surface area contributed by atoms with Crippen molar-refractivity contribution in [1.29, 1.82) is 0 Å². The fourth-order valence-corrected chi connectivity index (χ4v) is 2.86. The second-order valence-corrected chi connectivity index (χ2v) is 5.47. The van der Waals surface area contributed by atoms with E-state index in [1.807, 2.05) is 42.5 Å². The van der Waals surface area contributed by atoms with Crippen LogP contribution in [0.3, 0.4) is 0 Å². The Balaban J connectivity index is 2.06. The first-order valence-electron chi connectivity index (χ1n) is 7.00. The number of pyridine rings is 1. The highest BCUT2D eigenvalue weighted by Crippen LogP contribution is 2.34. The average Bonchev–Trinajstić information content (AvgIpc) is 2.79. The van der Waals surface area contributed by atoms with Gasteiger partial charge in [0.2, 0.25) is 0 Å². The predicted molar refractivity (Wildman–Crippen MR) is 91.3 cm³/mol. The molecule has 0 atom stereocenters. The molecule has 0 fully saturated rings. The number of fused-ring (bicyclic) bond motifs is 2. The molecule has 2 aromatic carbocycles. The summed E-state index contributed by atoms with van der Waals surface area (Å²) in [6.45, 7) is 0. The Bertz CT molecular complexity index is 914. The minimum absolute atomic E-state index is 0.653. The molecule has 2 heterocycles. The molecule has 0 saturated carbocycles. The summed E-state index contributed by atoms with van der Waals surface area (Å²) in [5, 5.41) is 1.69. The van der Waals surface area contributed by atoms with E-state index >= 15 is 0 Å². The van der Waals surface area contributed by atoms with Gasteiger partial charge in [0.05, 0.1) is 28.8 Å². The maximum Gasteiger partial charge on any atom is 0.0923 e. The van der Waals surface area contributed by atoms with Gasteiger partial charge < -0.3 is 4.74 Å². The standard InChI is InChI=1S/C19H12ClNO/c20-17-7-6-15(13-4-2-1-3-5-13)16-12-14-8-10-22-11-9-18(14)21-19(16)17/h1-12H. The zero-order valence-corrected chi connectivity index (χ0v) is 12.4. The van der Waals surface area contributed by atoms with E-state index in [9.17, 15) is 0 Å². The number of nitrogens with zero attached hydrogens (tertiary/aromatic N) is 1. The summed E-state index contributed by atoms with van der Waals surface area (Å²) in [5.74, 6) is 0. The van der Waals surface area contributed by atoms with Gasteiger partial charge in [-0.25, -0.2) is 4.98 Å². The van der Waals surface area contributed by atoms with Crippen LogP contribution in [-0.2, 0) is 4.74 Å². The molecule has 1 aliphatic heterocycles. The van der Waals surface area contributed by atoms with Gasteiger partial charge in [-0.2, -0.15) is 0 Å². The second kappa shape index (κ2) is 5.32. The van der Waals surface area contributed by atoms with Crippen LogP contribution in [0.15, 0.2) is 61.1 Å². The third kappa shape index (κ3) is 2.18. The summed E-state index contributed by atoms with van der Waals surface area (Å²) in [6.07, 6.45) is 7.04. The van der Waals surface area contributed by atoms with E-state index in [1.165, 1.54) is 0 Å². The molecule has 0 amide bonds. The summed E-state index contributed by atoms with van der Waals surface area (Å²) in [4.78, 5) is 4.71. The molecular weight excluding hydrogens is 294 g/mol. The molecule has 1 aliphatic rings. The topological polar surface area (TPSA) is 22.1 Å². The maximum absolute atomic E-state index is 6.36. The van der Waals surface area contributed by atoms with Crippen molar-refractivity contribution in [3.63, 3.8) is 0 Å². The van der Waals surface area contributed by atoms with Crippen molar-refractivity contribution in [1.82, 2.24) is 4.98 Å². The first kappa shape index (κ1) is 13.1. The highest BCUT2D eigenvalue weighted by atomic mass is 35.5. The van der Waals surface area contributed by atoms with Gasteiger partial charge in [0.1, 0.15) is 0 Å². The number of hydrogen-bond donors (Lipinski definition) is 0. The Hall–Kier alpha value is -2.58. The molecule has 0 saturated heterocycles.